The molecule has 34 heavy (non-hydrogen) atoms. The Morgan fingerprint density at radius 2 is 1.88 bits per heavy atom. The number of pyridine rings is 1. The van der Waals surface area contributed by atoms with Crippen molar-refractivity contribution in [1.29, 1.82) is 0 Å². The normalized spacial score (nSPS) is 21.4. The lowest BCUT2D eigenvalue weighted by atomic mass is 10.0. The largest absolute Gasteiger partial charge is 0.444 e. The third kappa shape index (κ3) is 7.06. The summed E-state index contributed by atoms with van der Waals surface area (Å²) in [6.45, 7) is 5.97. The van der Waals surface area contributed by atoms with Gasteiger partial charge >= 0.3 is 12.3 Å². The van der Waals surface area contributed by atoms with Crippen LogP contribution in [-0.2, 0) is 10.9 Å². The van der Waals surface area contributed by atoms with Crippen LogP contribution in [0.1, 0.15) is 57.2 Å². The second kappa shape index (κ2) is 12.0. The molecule has 4 rings (SSSR count). The van der Waals surface area contributed by atoms with Crippen molar-refractivity contribution in [3.05, 3.63) is 41.2 Å². The highest BCUT2D eigenvalue weighted by atomic mass is 19.4. The van der Waals surface area contributed by atoms with Crippen LogP contribution < -0.4 is 15.5 Å². The standard InChI is InChI=1S/C20H24F3N5O2.C4H8/c1-3-4-5-25-18-15(12-30-19(29)27-18)13(2)16-10-14(20(21,22)23)11-17(26-16)28-8-6-24-7-9-28;1-2-4-3-1/h4-5,10-11,24H,3,6-9,12H2,1-2H3,(H,25,27,29);1-4H2/b5-4+,15-13+;. The predicted molar refractivity (Wildman–Crippen MR) is 127 cm³/mol. The third-order valence-electron chi connectivity index (χ3n) is 5.82. The van der Waals surface area contributed by atoms with E-state index in [1.165, 1.54) is 25.7 Å². The number of amidine groups is 1. The number of aliphatic imine (C=N–C) groups is 1. The van der Waals surface area contributed by atoms with Crippen LogP contribution in [0.2, 0.25) is 0 Å². The molecule has 3 fully saturated rings. The van der Waals surface area contributed by atoms with Gasteiger partial charge in [0, 0.05) is 38.0 Å². The Morgan fingerprint density at radius 3 is 2.47 bits per heavy atom. The van der Waals surface area contributed by atoms with Crippen LogP contribution in [0, 0.1) is 0 Å². The molecule has 186 valence electrons. The van der Waals surface area contributed by atoms with Gasteiger partial charge in [-0.15, -0.1) is 0 Å². The Morgan fingerprint density at radius 1 is 1.21 bits per heavy atom. The smallest absolute Gasteiger partial charge is 0.416 e. The van der Waals surface area contributed by atoms with E-state index in [0.29, 0.717) is 37.3 Å². The lowest BCUT2D eigenvalue weighted by Crippen LogP contribution is -2.44. The van der Waals surface area contributed by atoms with Gasteiger partial charge in [0.05, 0.1) is 11.3 Å². The molecule has 0 spiro atoms. The molecule has 3 aliphatic rings. The average Bonchev–Trinajstić information content (AvgIpc) is 2.77. The lowest BCUT2D eigenvalue weighted by molar-refractivity contribution is -0.137. The molecular weight excluding hydrogens is 447 g/mol. The molecule has 7 nitrogen and oxygen atoms in total. The average molecular weight is 480 g/mol. The summed E-state index contributed by atoms with van der Waals surface area (Å²) in [5.74, 6) is 0.516. The Labute approximate surface area is 198 Å². The number of hydrogen-bond donors (Lipinski definition) is 2. The van der Waals surface area contributed by atoms with Gasteiger partial charge in [0.1, 0.15) is 18.3 Å². The first-order valence-corrected chi connectivity index (χ1v) is 11.7. The van der Waals surface area contributed by atoms with Gasteiger partial charge in [-0.05, 0) is 31.1 Å². The fraction of sp³-hybridized carbons (Fsp3) is 0.542. The number of rotatable bonds is 4. The van der Waals surface area contributed by atoms with Crippen LogP contribution >= 0.6 is 0 Å². The van der Waals surface area contributed by atoms with Gasteiger partial charge in [0.2, 0.25) is 0 Å². The van der Waals surface area contributed by atoms with E-state index in [1.54, 1.807) is 19.2 Å². The number of allylic oxidation sites excluding steroid dienone is 2. The number of carbonyl (C=O) groups is 1. The van der Waals surface area contributed by atoms with E-state index in [1.807, 2.05) is 11.8 Å². The lowest BCUT2D eigenvalue weighted by Gasteiger charge is -2.29. The predicted octanol–water partition coefficient (Wildman–Crippen LogP) is 4.91. The van der Waals surface area contributed by atoms with Crippen molar-refractivity contribution in [2.24, 2.45) is 4.99 Å². The maximum absolute atomic E-state index is 13.6. The van der Waals surface area contributed by atoms with Crippen LogP contribution in [0.4, 0.5) is 23.8 Å². The van der Waals surface area contributed by atoms with E-state index >= 15 is 0 Å². The zero-order valence-electron chi connectivity index (χ0n) is 19.7. The second-order valence-electron chi connectivity index (χ2n) is 8.32. The van der Waals surface area contributed by atoms with Crippen LogP contribution in [-0.4, -0.2) is 49.7 Å². The summed E-state index contributed by atoms with van der Waals surface area (Å²) in [6.07, 6.45) is 4.92. The SMILES string of the molecule is C1CCC1.CC/C=C/N=C1\NC(=O)OC\C1=C(\C)c1cc(C(F)(F)F)cc(N2CCNCC2)n1. The zero-order chi connectivity index (χ0) is 24.6. The molecule has 2 saturated heterocycles. The monoisotopic (exact) mass is 479 g/mol. The minimum atomic E-state index is -4.51. The Bertz CT molecular complexity index is 942. The molecule has 1 aliphatic carbocycles. The maximum atomic E-state index is 13.6. The zero-order valence-corrected chi connectivity index (χ0v) is 19.7. The van der Waals surface area contributed by atoms with E-state index in [2.05, 4.69) is 20.6 Å². The van der Waals surface area contributed by atoms with Crippen molar-refractivity contribution in [2.45, 2.75) is 52.1 Å². The van der Waals surface area contributed by atoms with Gasteiger partial charge < -0.3 is 15.0 Å². The molecule has 1 aromatic heterocycles. The molecule has 0 unspecified atom stereocenters. The molecule has 2 N–H and O–H groups in total. The van der Waals surface area contributed by atoms with Gasteiger partial charge in [-0.1, -0.05) is 38.7 Å². The van der Waals surface area contributed by atoms with Crippen LogP contribution in [0.5, 0.6) is 0 Å². The number of piperazine rings is 1. The van der Waals surface area contributed by atoms with Crippen molar-refractivity contribution in [3.8, 4) is 0 Å². The fourth-order valence-electron chi connectivity index (χ4n) is 3.38. The number of anilines is 1. The quantitative estimate of drug-likeness (QED) is 0.642. The summed E-state index contributed by atoms with van der Waals surface area (Å²) in [7, 11) is 0. The number of nitrogens with zero attached hydrogens (tertiary/aromatic N) is 3. The molecule has 0 bridgehead atoms. The number of amides is 1. The molecule has 0 aromatic carbocycles. The van der Waals surface area contributed by atoms with Crippen LogP contribution in [0.25, 0.3) is 5.57 Å². The topological polar surface area (TPSA) is 78.8 Å². The number of alkyl halides is 3. The van der Waals surface area contributed by atoms with E-state index in [9.17, 15) is 18.0 Å². The fourth-order valence-corrected chi connectivity index (χ4v) is 3.38. The first-order chi connectivity index (χ1) is 16.3. The highest BCUT2D eigenvalue weighted by molar-refractivity contribution is 6.12. The first kappa shape index (κ1) is 25.7. The number of carbonyl (C=O) groups excluding carboxylic acids is 1. The molecule has 10 heteroatoms. The second-order valence-corrected chi connectivity index (χ2v) is 8.32. The van der Waals surface area contributed by atoms with E-state index < -0.39 is 17.8 Å². The van der Waals surface area contributed by atoms with E-state index in [4.69, 9.17) is 4.74 Å². The number of nitrogens with one attached hydrogen (secondary N) is 2. The van der Waals surface area contributed by atoms with E-state index in [0.717, 1.165) is 18.6 Å². The van der Waals surface area contributed by atoms with Crippen LogP contribution in [0.3, 0.4) is 0 Å². The molecule has 0 atom stereocenters. The van der Waals surface area contributed by atoms with Crippen molar-refractivity contribution < 1.29 is 22.7 Å². The van der Waals surface area contributed by atoms with Gasteiger partial charge in [-0.2, -0.15) is 13.2 Å². The van der Waals surface area contributed by atoms with Gasteiger partial charge in [-0.3, -0.25) is 5.32 Å². The molecule has 1 aromatic rings. The summed E-state index contributed by atoms with van der Waals surface area (Å²) < 4.78 is 45.7. The molecule has 0 radical (unpaired) electrons. The van der Waals surface area contributed by atoms with Crippen molar-refractivity contribution in [1.82, 2.24) is 15.6 Å². The summed E-state index contributed by atoms with van der Waals surface area (Å²) in [5.41, 5.74) is 0.334. The minimum absolute atomic E-state index is 0.0998. The Balaban J connectivity index is 0.000000732. The molecule has 1 saturated carbocycles. The number of ether oxygens (including phenoxy) is 1. The Hall–Kier alpha value is -2.88. The first-order valence-electron chi connectivity index (χ1n) is 11.7. The molecule has 2 aliphatic heterocycles. The van der Waals surface area contributed by atoms with Gasteiger partial charge in [0.25, 0.3) is 0 Å². The number of hydrogen-bond acceptors (Lipinski definition) is 6. The van der Waals surface area contributed by atoms with E-state index in [-0.39, 0.29) is 24.0 Å². The molecular formula is C24H32F3N5O2. The summed E-state index contributed by atoms with van der Waals surface area (Å²) in [5, 5.41) is 5.68. The number of halogens is 3. The third-order valence-corrected chi connectivity index (χ3v) is 5.82. The number of cyclic esters (lactones) is 1. The van der Waals surface area contributed by atoms with Crippen molar-refractivity contribution >= 4 is 23.3 Å². The summed E-state index contributed by atoms with van der Waals surface area (Å²) in [4.78, 5) is 22.2. The van der Waals surface area contributed by atoms with Crippen molar-refractivity contribution in [2.75, 3.05) is 37.7 Å². The Kier molecular flexibility index (Phi) is 9.09. The maximum Gasteiger partial charge on any atom is 0.416 e. The molecule has 1 amide bonds. The van der Waals surface area contributed by atoms with Crippen LogP contribution in [0.15, 0.2) is 35.0 Å². The highest BCUT2D eigenvalue weighted by Crippen LogP contribution is 2.34. The minimum Gasteiger partial charge on any atom is -0.444 e. The summed E-state index contributed by atoms with van der Waals surface area (Å²) >= 11 is 0. The number of aromatic nitrogens is 1. The van der Waals surface area contributed by atoms with Gasteiger partial charge in [-0.25, -0.2) is 14.8 Å². The van der Waals surface area contributed by atoms with Crippen molar-refractivity contribution in [3.63, 3.8) is 0 Å². The number of alkyl carbamates (subject to hydrolysis) is 1. The summed E-state index contributed by atoms with van der Waals surface area (Å²) in [6, 6.07) is 2.09. The highest BCUT2D eigenvalue weighted by Gasteiger charge is 2.33. The van der Waals surface area contributed by atoms with Gasteiger partial charge in [0.15, 0.2) is 0 Å². The molecule has 3 heterocycles.